The summed E-state index contributed by atoms with van der Waals surface area (Å²) in [6.45, 7) is 1.95. The number of methoxy groups -OCH3 is 1. The molecule has 1 N–H and O–H groups in total. The molecule has 2 heterocycles. The third-order valence-electron chi connectivity index (χ3n) is 4.43. The molecule has 0 spiro atoms. The van der Waals surface area contributed by atoms with E-state index in [1.165, 1.54) is 0 Å². The van der Waals surface area contributed by atoms with Crippen molar-refractivity contribution >= 4 is 10.9 Å². The number of furan rings is 1. The first-order chi connectivity index (χ1) is 12.2. The molecule has 25 heavy (non-hydrogen) atoms. The average molecular weight is 331 g/mol. The van der Waals surface area contributed by atoms with Gasteiger partial charge in [0.05, 0.1) is 18.9 Å². The van der Waals surface area contributed by atoms with Gasteiger partial charge in [-0.15, -0.1) is 0 Å². The van der Waals surface area contributed by atoms with E-state index < -0.39 is 0 Å². The van der Waals surface area contributed by atoms with E-state index in [1.807, 2.05) is 55.5 Å². The summed E-state index contributed by atoms with van der Waals surface area (Å²) in [5.41, 5.74) is 4.09. The van der Waals surface area contributed by atoms with Crippen molar-refractivity contribution < 1.29 is 9.15 Å². The van der Waals surface area contributed by atoms with Crippen LogP contribution in [0.1, 0.15) is 5.56 Å². The van der Waals surface area contributed by atoms with Crippen molar-refractivity contribution in [3.8, 4) is 28.2 Å². The average Bonchev–Trinajstić information content (AvgIpc) is 3.17. The minimum absolute atomic E-state index is 0.00447. The molecule has 0 atom stereocenters. The Balaban J connectivity index is 1.96. The molecule has 0 aliphatic heterocycles. The van der Waals surface area contributed by atoms with Gasteiger partial charge in [0.1, 0.15) is 11.5 Å². The van der Waals surface area contributed by atoms with Crippen LogP contribution in [0.3, 0.4) is 0 Å². The van der Waals surface area contributed by atoms with Gasteiger partial charge in [-0.2, -0.15) is 0 Å². The van der Waals surface area contributed by atoms with Gasteiger partial charge in [0, 0.05) is 22.7 Å². The van der Waals surface area contributed by atoms with E-state index in [4.69, 9.17) is 9.15 Å². The van der Waals surface area contributed by atoms with E-state index in [2.05, 4.69) is 4.98 Å². The van der Waals surface area contributed by atoms with Gasteiger partial charge < -0.3 is 14.1 Å². The number of ether oxygens (including phenoxy) is 1. The highest BCUT2D eigenvalue weighted by molar-refractivity contribution is 5.96. The topological polar surface area (TPSA) is 55.2 Å². The van der Waals surface area contributed by atoms with Gasteiger partial charge in [-0.1, -0.05) is 18.2 Å². The number of aromatic amines is 1. The lowest BCUT2D eigenvalue weighted by Crippen LogP contribution is -2.08. The van der Waals surface area contributed by atoms with Gasteiger partial charge in [-0.25, -0.2) is 0 Å². The summed E-state index contributed by atoms with van der Waals surface area (Å²) >= 11 is 0. The zero-order chi connectivity index (χ0) is 17.4. The molecule has 0 amide bonds. The van der Waals surface area contributed by atoms with Crippen molar-refractivity contribution in [3.05, 3.63) is 76.8 Å². The molecule has 0 aliphatic carbocycles. The van der Waals surface area contributed by atoms with Gasteiger partial charge in [0.15, 0.2) is 5.43 Å². The highest BCUT2D eigenvalue weighted by atomic mass is 16.5. The second kappa shape index (κ2) is 5.98. The van der Waals surface area contributed by atoms with E-state index in [-0.39, 0.29) is 5.43 Å². The number of aryl methyl sites for hydroxylation is 1. The largest absolute Gasteiger partial charge is 0.497 e. The second-order valence-electron chi connectivity index (χ2n) is 5.92. The van der Waals surface area contributed by atoms with Crippen LogP contribution >= 0.6 is 0 Å². The van der Waals surface area contributed by atoms with Crippen molar-refractivity contribution in [1.82, 2.24) is 4.98 Å². The van der Waals surface area contributed by atoms with Crippen LogP contribution in [-0.4, -0.2) is 12.1 Å². The Morgan fingerprint density at radius 3 is 2.48 bits per heavy atom. The first-order valence-electron chi connectivity index (χ1n) is 8.02. The Bertz CT molecular complexity index is 1090. The Labute approximate surface area is 144 Å². The van der Waals surface area contributed by atoms with Crippen LogP contribution in [0.15, 0.2) is 70.2 Å². The van der Waals surface area contributed by atoms with Crippen molar-refractivity contribution in [2.75, 3.05) is 7.11 Å². The van der Waals surface area contributed by atoms with Crippen LogP contribution in [0.5, 0.6) is 5.75 Å². The first kappa shape index (κ1) is 15.3. The third kappa shape index (κ3) is 2.52. The molecular weight excluding hydrogens is 314 g/mol. The summed E-state index contributed by atoms with van der Waals surface area (Å²) in [5.74, 6) is 1.50. The lowest BCUT2D eigenvalue weighted by Gasteiger charge is -2.10. The molecule has 2 aromatic carbocycles. The number of hydrogen-bond acceptors (Lipinski definition) is 3. The highest BCUT2D eigenvalue weighted by Gasteiger charge is 2.14. The molecule has 0 saturated heterocycles. The molecule has 4 rings (SSSR count). The highest BCUT2D eigenvalue weighted by Crippen LogP contribution is 2.29. The van der Waals surface area contributed by atoms with Crippen LogP contribution in [0.4, 0.5) is 0 Å². The number of H-pyrrole nitrogens is 1. The van der Waals surface area contributed by atoms with Crippen LogP contribution < -0.4 is 10.2 Å². The lowest BCUT2D eigenvalue weighted by molar-refractivity contribution is 0.415. The zero-order valence-electron chi connectivity index (χ0n) is 14.0. The van der Waals surface area contributed by atoms with Gasteiger partial charge in [0.25, 0.3) is 0 Å². The van der Waals surface area contributed by atoms with Crippen LogP contribution in [0.2, 0.25) is 0 Å². The third-order valence-corrected chi connectivity index (χ3v) is 4.43. The van der Waals surface area contributed by atoms with E-state index in [0.717, 1.165) is 33.7 Å². The maximum atomic E-state index is 13.1. The molecule has 0 radical (unpaired) electrons. The second-order valence-corrected chi connectivity index (χ2v) is 5.92. The van der Waals surface area contributed by atoms with Gasteiger partial charge in [-0.05, 0) is 48.4 Å². The summed E-state index contributed by atoms with van der Waals surface area (Å²) in [5, 5.41) is 0.683. The van der Waals surface area contributed by atoms with E-state index >= 15 is 0 Å². The standard InChI is InChI=1S/C21H17NO3/c1-13-5-10-16(18-4-3-11-25-18)20-19(13)21(23)17(12-22-20)14-6-8-15(24-2)9-7-14/h3-12H,1-2H3,(H,22,23). The number of hydrogen-bond donors (Lipinski definition) is 1. The molecule has 0 fully saturated rings. The maximum Gasteiger partial charge on any atom is 0.197 e. The van der Waals surface area contributed by atoms with Crippen LogP contribution in [-0.2, 0) is 0 Å². The smallest absolute Gasteiger partial charge is 0.197 e. The van der Waals surface area contributed by atoms with Crippen molar-refractivity contribution in [2.45, 2.75) is 6.92 Å². The summed E-state index contributed by atoms with van der Waals surface area (Å²) in [6, 6.07) is 15.1. The molecule has 0 aliphatic rings. The molecule has 0 unspecified atom stereocenters. The number of fused-ring (bicyclic) bond motifs is 1. The summed E-state index contributed by atoms with van der Waals surface area (Å²) in [7, 11) is 1.62. The zero-order valence-corrected chi connectivity index (χ0v) is 14.0. The van der Waals surface area contributed by atoms with Gasteiger partial charge in [0.2, 0.25) is 0 Å². The Kier molecular flexibility index (Phi) is 3.65. The number of nitrogens with one attached hydrogen (secondary N) is 1. The number of rotatable bonds is 3. The predicted molar refractivity (Wildman–Crippen MR) is 99.0 cm³/mol. The first-order valence-corrected chi connectivity index (χ1v) is 8.02. The van der Waals surface area contributed by atoms with Crippen molar-refractivity contribution in [2.24, 2.45) is 0 Å². The SMILES string of the molecule is COc1ccc(-c2c[nH]c3c(-c4ccco4)ccc(C)c3c2=O)cc1. The predicted octanol–water partition coefficient (Wildman–Crippen LogP) is 4.77. The number of pyridine rings is 1. The normalized spacial score (nSPS) is 11.0. The summed E-state index contributed by atoms with van der Waals surface area (Å²) in [6.07, 6.45) is 3.39. The van der Waals surface area contributed by atoms with E-state index in [1.54, 1.807) is 19.6 Å². The molecule has 0 saturated carbocycles. The fraction of sp³-hybridized carbons (Fsp3) is 0.0952. The quantitative estimate of drug-likeness (QED) is 0.588. The van der Waals surface area contributed by atoms with Crippen molar-refractivity contribution in [3.63, 3.8) is 0 Å². The summed E-state index contributed by atoms with van der Waals surface area (Å²) < 4.78 is 10.7. The fourth-order valence-electron chi connectivity index (χ4n) is 3.12. The van der Waals surface area contributed by atoms with E-state index in [9.17, 15) is 4.79 Å². The Morgan fingerprint density at radius 2 is 1.80 bits per heavy atom. The Hall–Kier alpha value is -3.27. The van der Waals surface area contributed by atoms with Crippen LogP contribution in [0.25, 0.3) is 33.4 Å². The minimum atomic E-state index is 0.00447. The van der Waals surface area contributed by atoms with E-state index in [0.29, 0.717) is 10.9 Å². The van der Waals surface area contributed by atoms with Gasteiger partial charge >= 0.3 is 0 Å². The maximum absolute atomic E-state index is 13.1. The summed E-state index contributed by atoms with van der Waals surface area (Å²) in [4.78, 5) is 16.4. The number of benzene rings is 2. The molecule has 4 heteroatoms. The van der Waals surface area contributed by atoms with Gasteiger partial charge in [-0.3, -0.25) is 4.79 Å². The minimum Gasteiger partial charge on any atom is -0.497 e. The number of aromatic nitrogens is 1. The molecule has 4 nitrogen and oxygen atoms in total. The monoisotopic (exact) mass is 331 g/mol. The molecule has 124 valence electrons. The van der Waals surface area contributed by atoms with Crippen LogP contribution in [0, 0.1) is 6.92 Å². The molecular formula is C21H17NO3. The Morgan fingerprint density at radius 1 is 1.00 bits per heavy atom. The molecule has 0 bridgehead atoms. The molecule has 4 aromatic rings. The molecule has 2 aromatic heterocycles. The lowest BCUT2D eigenvalue weighted by atomic mass is 9.99. The van der Waals surface area contributed by atoms with Crippen molar-refractivity contribution in [1.29, 1.82) is 0 Å². The fourth-order valence-corrected chi connectivity index (χ4v) is 3.12.